The Labute approximate surface area is 309 Å². The third kappa shape index (κ3) is 9.83. The lowest BCUT2D eigenvalue weighted by Crippen LogP contribution is -2.62. The normalized spacial score (nSPS) is 35.9. The maximum atomic E-state index is 14.3. The van der Waals surface area contributed by atoms with Gasteiger partial charge in [0.1, 0.15) is 30.4 Å². The number of hydrogen-bond donors (Lipinski definition) is 6. The molecule has 0 aromatic rings. The number of rotatable bonds is 9. The fraction of sp³-hybridized carbons (Fsp3) is 0.868. The predicted molar refractivity (Wildman–Crippen MR) is 195 cm³/mol. The summed E-state index contributed by atoms with van der Waals surface area (Å²) in [4.78, 5) is 71.3. The quantitative estimate of drug-likeness (QED) is 0.203. The van der Waals surface area contributed by atoms with Gasteiger partial charge in [-0.3, -0.25) is 24.0 Å². The lowest BCUT2D eigenvalue weighted by atomic mass is 9.51. The number of hydrogen-bond acceptors (Lipinski definition) is 9. The zero-order chi connectivity index (χ0) is 37.6. The van der Waals surface area contributed by atoms with Gasteiger partial charge in [-0.25, -0.2) is 0 Å². The van der Waals surface area contributed by atoms with Gasteiger partial charge in [0, 0.05) is 19.6 Å². The van der Waals surface area contributed by atoms with Gasteiger partial charge >= 0.3 is 0 Å². The van der Waals surface area contributed by atoms with Gasteiger partial charge in [0.25, 0.3) is 0 Å². The van der Waals surface area contributed by atoms with E-state index in [0.29, 0.717) is 43.4 Å². The Morgan fingerprint density at radius 3 is 2.12 bits per heavy atom. The number of amides is 5. The first-order valence-electron chi connectivity index (χ1n) is 20.0. The molecule has 0 bridgehead atoms. The van der Waals surface area contributed by atoms with Crippen LogP contribution in [0.2, 0.25) is 0 Å². The first-order valence-corrected chi connectivity index (χ1v) is 20.0. The van der Waals surface area contributed by atoms with E-state index in [9.17, 15) is 24.0 Å². The van der Waals surface area contributed by atoms with Crippen molar-refractivity contribution in [2.24, 2.45) is 34.6 Å². The average Bonchev–Trinajstić information content (AvgIpc) is 3.07. The number of nitrogens with two attached hydrogens (primary N) is 2. The van der Waals surface area contributed by atoms with Gasteiger partial charge in [0.15, 0.2) is 0 Å². The molecule has 0 radical (unpaired) electrons. The molecule has 1 spiro atoms. The monoisotopic (exact) mass is 731 g/mol. The number of nitrogens with zero attached hydrogens (tertiary/aromatic N) is 1. The Morgan fingerprint density at radius 2 is 1.52 bits per heavy atom. The van der Waals surface area contributed by atoms with Crippen LogP contribution in [0.15, 0.2) is 0 Å². The molecule has 5 rings (SSSR count). The Bertz CT molecular complexity index is 1260. The van der Waals surface area contributed by atoms with Crippen molar-refractivity contribution >= 4 is 29.5 Å². The molecule has 0 aromatic carbocycles. The molecule has 1 aliphatic heterocycles. The van der Waals surface area contributed by atoms with Crippen molar-refractivity contribution in [2.45, 2.75) is 166 Å². The molecule has 14 heteroatoms. The van der Waals surface area contributed by atoms with Gasteiger partial charge < -0.3 is 47.1 Å². The minimum atomic E-state index is -1.17. The van der Waals surface area contributed by atoms with E-state index in [4.69, 9.17) is 20.9 Å². The minimum Gasteiger partial charge on any atom is -0.375 e. The molecule has 1 heterocycles. The number of carbonyl (C=O) groups excluding carboxylic acids is 5. The summed E-state index contributed by atoms with van der Waals surface area (Å²) in [5, 5.41) is 11.4. The molecule has 1 saturated heterocycles. The van der Waals surface area contributed by atoms with E-state index in [1.54, 1.807) is 14.0 Å². The van der Waals surface area contributed by atoms with Crippen molar-refractivity contribution in [3.63, 3.8) is 0 Å². The van der Waals surface area contributed by atoms with Crippen LogP contribution in [0.1, 0.15) is 117 Å². The molecule has 0 unspecified atom stereocenters. The number of nitrogens with one attached hydrogen (secondary N) is 4. The van der Waals surface area contributed by atoms with Gasteiger partial charge in [-0.15, -0.1) is 0 Å². The Morgan fingerprint density at radius 1 is 0.865 bits per heavy atom. The third-order valence-corrected chi connectivity index (χ3v) is 12.6. The maximum absolute atomic E-state index is 14.3. The van der Waals surface area contributed by atoms with Crippen LogP contribution in [0.4, 0.5) is 0 Å². The minimum absolute atomic E-state index is 0.0364. The fourth-order valence-corrected chi connectivity index (χ4v) is 9.17. The van der Waals surface area contributed by atoms with Crippen molar-refractivity contribution in [3.05, 3.63) is 0 Å². The Balaban J connectivity index is 1.43. The smallest absolute Gasteiger partial charge is 0.246 e. The summed E-state index contributed by atoms with van der Waals surface area (Å²) < 4.78 is 12.5. The lowest BCUT2D eigenvalue weighted by Gasteiger charge is -2.55. The van der Waals surface area contributed by atoms with E-state index in [0.717, 1.165) is 44.9 Å². The van der Waals surface area contributed by atoms with Gasteiger partial charge in [0.05, 0.1) is 24.7 Å². The van der Waals surface area contributed by atoms with Gasteiger partial charge in [0.2, 0.25) is 29.5 Å². The molecule has 8 N–H and O–H groups in total. The van der Waals surface area contributed by atoms with Crippen LogP contribution in [-0.4, -0.2) is 103 Å². The Hall–Kier alpha value is -2.81. The standard InChI is InChI=1S/C38H65N7O7/c1-5-10-30-35(48)44-32(25-11-7-6-8-12-25)36(49)42-28(20-39)33(46)43-29(21-51-27-16-26(40)17-27)34(47)41-23(3)52-31(22(2)37(50)45(30)4)15-24-18-38(19-24)13-9-14-38/h22-32H,5-21,39-40H2,1-4H3,(H,41,47)(H,42,49)(H,43,46)(H,44,48)/t22-,23+,26?,27?,28+,29+,30+,31-,32+/m1/s1. The van der Waals surface area contributed by atoms with Crippen molar-refractivity contribution < 1.29 is 33.4 Å². The van der Waals surface area contributed by atoms with E-state index in [1.165, 1.54) is 24.2 Å². The first-order chi connectivity index (χ1) is 24.8. The second-order valence-electron chi connectivity index (χ2n) is 16.7. The van der Waals surface area contributed by atoms with E-state index in [1.807, 2.05) is 13.8 Å². The van der Waals surface area contributed by atoms with Crippen LogP contribution >= 0.6 is 0 Å². The maximum Gasteiger partial charge on any atom is 0.246 e. The Kier molecular flexibility index (Phi) is 14.0. The topological polar surface area (TPSA) is 207 Å². The van der Waals surface area contributed by atoms with E-state index in [2.05, 4.69) is 21.3 Å². The molecule has 5 aliphatic rings. The lowest BCUT2D eigenvalue weighted by molar-refractivity contribution is -0.152. The van der Waals surface area contributed by atoms with Crippen LogP contribution in [0, 0.1) is 23.2 Å². The van der Waals surface area contributed by atoms with Crippen molar-refractivity contribution in [1.29, 1.82) is 0 Å². The summed E-state index contributed by atoms with van der Waals surface area (Å²) in [7, 11) is 1.65. The summed E-state index contributed by atoms with van der Waals surface area (Å²) in [6, 6.07) is -3.98. The number of ether oxygens (including phenoxy) is 2. The largest absolute Gasteiger partial charge is 0.375 e. The molecule has 7 atom stereocenters. The molecule has 0 aromatic heterocycles. The van der Waals surface area contributed by atoms with Gasteiger partial charge in [-0.05, 0) is 88.4 Å². The van der Waals surface area contributed by atoms with E-state index >= 15 is 0 Å². The highest BCUT2D eigenvalue weighted by Crippen LogP contribution is 2.60. The van der Waals surface area contributed by atoms with Crippen LogP contribution in [0.25, 0.3) is 0 Å². The number of carbonyl (C=O) groups is 5. The van der Waals surface area contributed by atoms with E-state index in [-0.39, 0.29) is 37.1 Å². The van der Waals surface area contributed by atoms with Crippen LogP contribution in [0.3, 0.4) is 0 Å². The van der Waals surface area contributed by atoms with E-state index < -0.39 is 66.0 Å². The van der Waals surface area contributed by atoms with Crippen molar-refractivity contribution in [2.75, 3.05) is 20.2 Å². The highest BCUT2D eigenvalue weighted by molar-refractivity contribution is 5.96. The second-order valence-corrected chi connectivity index (χ2v) is 16.7. The summed E-state index contributed by atoms with van der Waals surface area (Å²) in [5.41, 5.74) is 12.4. The van der Waals surface area contributed by atoms with Crippen LogP contribution in [-0.2, 0) is 33.4 Å². The van der Waals surface area contributed by atoms with Gasteiger partial charge in [-0.2, -0.15) is 0 Å². The summed E-state index contributed by atoms with van der Waals surface area (Å²) in [6.07, 6.45) is 11.9. The summed E-state index contributed by atoms with van der Waals surface area (Å²) in [6.45, 7) is 5.16. The summed E-state index contributed by atoms with van der Waals surface area (Å²) >= 11 is 0. The molecular weight excluding hydrogens is 666 g/mol. The molecule has 5 fully saturated rings. The number of likely N-dealkylation sites (N-methyl/N-ethyl adjacent to an activating group) is 1. The van der Waals surface area contributed by atoms with Crippen molar-refractivity contribution in [3.8, 4) is 0 Å². The second kappa shape index (κ2) is 18.0. The molecule has 5 amide bonds. The highest BCUT2D eigenvalue weighted by atomic mass is 16.5. The first kappa shape index (κ1) is 40.4. The summed E-state index contributed by atoms with van der Waals surface area (Å²) in [5.74, 6) is -2.65. The zero-order valence-electron chi connectivity index (χ0n) is 31.8. The predicted octanol–water partition coefficient (Wildman–Crippen LogP) is 1.58. The molecular formula is C38H65N7O7. The SMILES string of the molecule is CCC[C@H]1C(=O)N[C@@H](C2CCCCC2)C(=O)N[C@@H](CN)C(=O)N[C@@H](COC2CC(N)C2)C(=O)N[C@H](C)O[C@H](CC2CC3(CCC3)C2)[C@@H](C)C(=O)N1C. The molecule has 4 saturated carbocycles. The molecule has 14 nitrogen and oxygen atoms in total. The van der Waals surface area contributed by atoms with Gasteiger partial charge in [-0.1, -0.05) is 46.0 Å². The third-order valence-electron chi connectivity index (χ3n) is 12.6. The average molecular weight is 732 g/mol. The highest BCUT2D eigenvalue weighted by Gasteiger charge is 2.49. The van der Waals surface area contributed by atoms with Crippen LogP contribution < -0.4 is 32.7 Å². The fourth-order valence-electron chi connectivity index (χ4n) is 9.17. The van der Waals surface area contributed by atoms with Crippen molar-refractivity contribution in [1.82, 2.24) is 26.2 Å². The zero-order valence-corrected chi connectivity index (χ0v) is 31.8. The molecule has 4 aliphatic carbocycles. The molecule has 294 valence electrons. The molecule has 52 heavy (non-hydrogen) atoms. The van der Waals surface area contributed by atoms with Crippen LogP contribution in [0.5, 0.6) is 0 Å².